The standard InChI is InChI=1S/C8HF17O6S/c9-1(28-32(26,27)8(23,24)25)2(10,11)29-3(12,13)4(14,15)30-5(16,17)6(18,19)31-7(20,21)22/h1H. The van der Waals surface area contributed by atoms with Crippen molar-refractivity contribution in [1.82, 2.24) is 0 Å². The molecule has 0 aromatic carbocycles. The summed E-state index contributed by atoms with van der Waals surface area (Å²) in [6, 6.07) is 0. The smallest absolute Gasteiger partial charge is 0.244 e. The van der Waals surface area contributed by atoms with E-state index in [1.165, 1.54) is 9.47 Å². The molecule has 1 unspecified atom stereocenters. The van der Waals surface area contributed by atoms with E-state index in [1.54, 1.807) is 4.74 Å². The minimum atomic E-state index is -7.54. The molecule has 1 atom stereocenters. The second-order valence-corrected chi connectivity index (χ2v) is 6.26. The van der Waals surface area contributed by atoms with Gasteiger partial charge in [0.2, 0.25) is 0 Å². The molecular formula is C8HF17O6S. The van der Waals surface area contributed by atoms with Gasteiger partial charge < -0.3 is 0 Å². The Morgan fingerprint density at radius 2 is 0.844 bits per heavy atom. The lowest BCUT2D eigenvalue weighted by atomic mass is 10.5. The molecule has 194 valence electrons. The Balaban J connectivity index is 5.75. The zero-order valence-corrected chi connectivity index (χ0v) is 14.2. The van der Waals surface area contributed by atoms with Gasteiger partial charge in [0, 0.05) is 0 Å². The van der Waals surface area contributed by atoms with Crippen molar-refractivity contribution < 1.29 is 101 Å². The van der Waals surface area contributed by atoms with Crippen LogP contribution in [0.3, 0.4) is 0 Å². The van der Waals surface area contributed by atoms with Crippen LogP contribution < -0.4 is 0 Å². The SMILES string of the molecule is O=S(=O)(OC(F)C(F)(F)OC(F)(F)C(F)(F)OC(F)(F)C(F)(F)OC(F)(F)F)C(F)(F)F. The van der Waals surface area contributed by atoms with Crippen LogP contribution in [-0.2, 0) is 28.5 Å². The molecule has 0 spiro atoms. The largest absolute Gasteiger partial charge is 0.527 e. The van der Waals surface area contributed by atoms with Gasteiger partial charge in [0.25, 0.3) is 0 Å². The third-order valence-corrected chi connectivity index (χ3v) is 3.19. The van der Waals surface area contributed by atoms with Crippen LogP contribution in [0.15, 0.2) is 0 Å². The zero-order valence-electron chi connectivity index (χ0n) is 13.4. The van der Waals surface area contributed by atoms with Gasteiger partial charge in [0.05, 0.1) is 0 Å². The summed E-state index contributed by atoms with van der Waals surface area (Å²) in [5.41, 5.74) is -6.70. The van der Waals surface area contributed by atoms with Crippen LogP contribution >= 0.6 is 0 Å². The molecule has 0 aromatic rings. The predicted octanol–water partition coefficient (Wildman–Crippen LogP) is 4.68. The van der Waals surface area contributed by atoms with Gasteiger partial charge in [0.1, 0.15) is 0 Å². The summed E-state index contributed by atoms with van der Waals surface area (Å²) in [6.07, 6.45) is -48.9. The fraction of sp³-hybridized carbons (Fsp3) is 1.00. The lowest BCUT2D eigenvalue weighted by Crippen LogP contribution is -2.58. The van der Waals surface area contributed by atoms with Crippen molar-refractivity contribution in [3.05, 3.63) is 0 Å². The summed E-state index contributed by atoms with van der Waals surface area (Å²) in [5, 5.41) is 0. The lowest BCUT2D eigenvalue weighted by molar-refractivity contribution is -0.567. The minimum Gasteiger partial charge on any atom is -0.244 e. The number of alkyl halides is 17. The molecule has 0 aliphatic carbocycles. The minimum absolute atomic E-state index is 1.35. The molecule has 6 nitrogen and oxygen atoms in total. The Morgan fingerprint density at radius 3 is 1.16 bits per heavy atom. The summed E-state index contributed by atoms with van der Waals surface area (Å²) in [5.74, 6) is 0. The quantitative estimate of drug-likeness (QED) is 0.225. The van der Waals surface area contributed by atoms with Crippen molar-refractivity contribution in [2.75, 3.05) is 0 Å². The van der Waals surface area contributed by atoms with Crippen molar-refractivity contribution in [2.24, 2.45) is 0 Å². The van der Waals surface area contributed by atoms with Gasteiger partial charge in [-0.3, -0.25) is 0 Å². The fourth-order valence-electron chi connectivity index (χ4n) is 0.983. The fourth-order valence-corrected chi connectivity index (χ4v) is 1.43. The highest BCUT2D eigenvalue weighted by atomic mass is 32.2. The van der Waals surface area contributed by atoms with E-state index >= 15 is 0 Å². The second-order valence-electron chi connectivity index (χ2n) is 4.69. The van der Waals surface area contributed by atoms with E-state index < -0.39 is 58.9 Å². The Hall–Kier alpha value is -1.40. The second kappa shape index (κ2) is 8.43. The van der Waals surface area contributed by atoms with Gasteiger partial charge in [-0.25, -0.2) is 22.8 Å². The summed E-state index contributed by atoms with van der Waals surface area (Å²) < 4.78 is 238. The molecule has 0 bridgehead atoms. The maximum Gasteiger partial charge on any atom is 0.527 e. The summed E-state index contributed by atoms with van der Waals surface area (Å²) in [4.78, 5) is 0. The topological polar surface area (TPSA) is 71.1 Å². The first-order valence-electron chi connectivity index (χ1n) is 6.20. The molecule has 0 aliphatic rings. The summed E-state index contributed by atoms with van der Waals surface area (Å²) >= 11 is 0. The van der Waals surface area contributed by atoms with Crippen LogP contribution in [0.4, 0.5) is 74.6 Å². The molecule has 0 saturated carbocycles. The van der Waals surface area contributed by atoms with Crippen LogP contribution in [0.25, 0.3) is 0 Å². The van der Waals surface area contributed by atoms with Crippen molar-refractivity contribution >= 4 is 10.1 Å². The van der Waals surface area contributed by atoms with Crippen LogP contribution in [0.5, 0.6) is 0 Å². The van der Waals surface area contributed by atoms with Gasteiger partial charge in [-0.1, -0.05) is 0 Å². The molecule has 0 amide bonds. The molecule has 0 rings (SSSR count). The Labute approximate surface area is 161 Å². The predicted molar refractivity (Wildman–Crippen MR) is 55.0 cm³/mol. The van der Waals surface area contributed by atoms with Crippen LogP contribution in [-0.4, -0.2) is 57.2 Å². The van der Waals surface area contributed by atoms with Crippen LogP contribution in [0.2, 0.25) is 0 Å². The monoisotopic (exact) mass is 548 g/mol. The van der Waals surface area contributed by atoms with Gasteiger partial charge in [-0.15, -0.1) is 13.2 Å². The summed E-state index contributed by atoms with van der Waals surface area (Å²) in [7, 11) is -7.38. The van der Waals surface area contributed by atoms with Gasteiger partial charge in [0.15, 0.2) is 0 Å². The van der Waals surface area contributed by atoms with Crippen molar-refractivity contribution in [3.63, 3.8) is 0 Å². The average Bonchev–Trinajstić information content (AvgIpc) is 2.39. The molecule has 0 aromatic heterocycles. The van der Waals surface area contributed by atoms with E-state index in [1.807, 2.05) is 4.18 Å². The molecule has 0 fully saturated rings. The number of hydrogen-bond acceptors (Lipinski definition) is 6. The molecule has 24 heteroatoms. The maximum atomic E-state index is 13.0. The maximum absolute atomic E-state index is 13.0. The van der Waals surface area contributed by atoms with Crippen LogP contribution in [0.1, 0.15) is 0 Å². The zero-order chi connectivity index (χ0) is 26.4. The van der Waals surface area contributed by atoms with Crippen molar-refractivity contribution in [1.29, 1.82) is 0 Å². The van der Waals surface area contributed by atoms with E-state index in [-0.39, 0.29) is 0 Å². The first-order valence-corrected chi connectivity index (χ1v) is 7.60. The average molecular weight is 548 g/mol. The molecular weight excluding hydrogens is 547 g/mol. The number of ether oxygens (including phenoxy) is 3. The molecule has 0 aliphatic heterocycles. The van der Waals surface area contributed by atoms with Gasteiger partial charge >= 0.3 is 58.9 Å². The van der Waals surface area contributed by atoms with E-state index in [2.05, 4.69) is 0 Å². The molecule has 0 radical (unpaired) electrons. The summed E-state index contributed by atoms with van der Waals surface area (Å²) in [6.45, 7) is 0. The molecule has 0 heterocycles. The third-order valence-electron chi connectivity index (χ3n) is 2.20. The van der Waals surface area contributed by atoms with Crippen molar-refractivity contribution in [3.8, 4) is 0 Å². The molecule has 0 saturated heterocycles. The lowest BCUT2D eigenvalue weighted by Gasteiger charge is -2.33. The Morgan fingerprint density at radius 1 is 0.531 bits per heavy atom. The highest BCUT2D eigenvalue weighted by Crippen LogP contribution is 2.49. The van der Waals surface area contributed by atoms with Gasteiger partial charge in [-0.05, 0) is 0 Å². The Kier molecular flexibility index (Phi) is 8.06. The highest BCUT2D eigenvalue weighted by molar-refractivity contribution is 7.87. The number of halogens is 17. The van der Waals surface area contributed by atoms with Crippen LogP contribution in [0, 0.1) is 0 Å². The number of hydrogen-bond donors (Lipinski definition) is 0. The van der Waals surface area contributed by atoms with Crippen molar-refractivity contribution in [2.45, 2.75) is 48.8 Å². The third kappa shape index (κ3) is 7.31. The molecule has 0 N–H and O–H groups in total. The molecule has 32 heavy (non-hydrogen) atoms. The first-order chi connectivity index (χ1) is 13.5. The van der Waals surface area contributed by atoms with Gasteiger partial charge in [-0.2, -0.15) is 65.5 Å². The normalized spacial score (nSPS) is 16.9. The highest BCUT2D eigenvalue weighted by Gasteiger charge is 2.75. The number of rotatable bonds is 10. The first kappa shape index (κ1) is 30.6. The van der Waals surface area contributed by atoms with E-state index in [4.69, 9.17) is 0 Å². The van der Waals surface area contributed by atoms with E-state index in [0.29, 0.717) is 0 Å². The van der Waals surface area contributed by atoms with E-state index in [9.17, 15) is 83.1 Å². The van der Waals surface area contributed by atoms with E-state index in [0.717, 1.165) is 0 Å². The Bertz CT molecular complexity index is 754.